The fourth-order valence-corrected chi connectivity index (χ4v) is 4.37. The first kappa shape index (κ1) is 26.0. The van der Waals surface area contributed by atoms with Crippen molar-refractivity contribution < 1.29 is 29.0 Å². The second-order valence-corrected chi connectivity index (χ2v) is 10.2. The Balaban J connectivity index is 1.58. The Bertz CT molecular complexity index is 1280. The molecular weight excluding hydrogens is 472 g/mol. The van der Waals surface area contributed by atoms with E-state index in [9.17, 15) is 19.5 Å². The van der Waals surface area contributed by atoms with Crippen LogP contribution in [0.15, 0.2) is 66.7 Å². The Morgan fingerprint density at radius 2 is 1.68 bits per heavy atom. The highest BCUT2D eigenvalue weighted by atomic mass is 16.6. The molecule has 2 N–H and O–H groups in total. The molecule has 0 saturated carbocycles. The van der Waals surface area contributed by atoms with E-state index in [1.807, 2.05) is 30.3 Å². The van der Waals surface area contributed by atoms with Crippen molar-refractivity contribution in [3.05, 3.63) is 77.9 Å². The van der Waals surface area contributed by atoms with Crippen molar-refractivity contribution in [1.82, 2.24) is 10.2 Å². The van der Waals surface area contributed by atoms with Gasteiger partial charge in [-0.3, -0.25) is 4.79 Å². The molecule has 2 amide bonds. The number of phenolic OH excluding ortho intramolecular Hbond substituents is 1. The van der Waals surface area contributed by atoms with Gasteiger partial charge in [-0.2, -0.15) is 0 Å². The molecule has 194 valence electrons. The van der Waals surface area contributed by atoms with Gasteiger partial charge in [0.2, 0.25) is 0 Å². The Hall–Kier alpha value is -4.07. The molecule has 2 atom stereocenters. The van der Waals surface area contributed by atoms with Crippen LogP contribution in [-0.4, -0.2) is 58.8 Å². The van der Waals surface area contributed by atoms with Crippen LogP contribution in [0.25, 0.3) is 10.8 Å². The number of rotatable bonds is 4. The van der Waals surface area contributed by atoms with Gasteiger partial charge in [0.25, 0.3) is 5.91 Å². The molecule has 37 heavy (non-hydrogen) atoms. The van der Waals surface area contributed by atoms with E-state index in [-0.39, 0.29) is 12.3 Å². The van der Waals surface area contributed by atoms with Gasteiger partial charge in [0.15, 0.2) is 0 Å². The summed E-state index contributed by atoms with van der Waals surface area (Å²) in [4.78, 5) is 40.8. The van der Waals surface area contributed by atoms with Crippen LogP contribution in [0.1, 0.15) is 54.3 Å². The summed E-state index contributed by atoms with van der Waals surface area (Å²) in [5.74, 6) is -0.845. The smallest absolute Gasteiger partial charge is 0.410 e. The van der Waals surface area contributed by atoms with Gasteiger partial charge in [-0.1, -0.05) is 36.4 Å². The van der Waals surface area contributed by atoms with Crippen LogP contribution in [0, 0.1) is 0 Å². The van der Waals surface area contributed by atoms with Gasteiger partial charge in [0, 0.05) is 18.7 Å². The first-order valence-corrected chi connectivity index (χ1v) is 12.4. The topological polar surface area (TPSA) is 105 Å². The Labute approximate surface area is 216 Å². The molecule has 3 aromatic rings. The summed E-state index contributed by atoms with van der Waals surface area (Å²) in [5, 5.41) is 14.2. The van der Waals surface area contributed by atoms with Crippen LogP contribution in [0.3, 0.4) is 0 Å². The number of ether oxygens (including phenoxy) is 2. The van der Waals surface area contributed by atoms with Crippen LogP contribution in [0.4, 0.5) is 4.79 Å². The maximum Gasteiger partial charge on any atom is 0.410 e. The van der Waals surface area contributed by atoms with E-state index in [0.29, 0.717) is 30.5 Å². The molecule has 1 aliphatic rings. The van der Waals surface area contributed by atoms with E-state index in [4.69, 9.17) is 9.47 Å². The number of esters is 1. The Kier molecular flexibility index (Phi) is 7.66. The summed E-state index contributed by atoms with van der Waals surface area (Å²) in [6.45, 7) is 5.90. The molecule has 8 nitrogen and oxygen atoms in total. The lowest BCUT2D eigenvalue weighted by Crippen LogP contribution is -2.51. The predicted molar refractivity (Wildman–Crippen MR) is 140 cm³/mol. The van der Waals surface area contributed by atoms with Gasteiger partial charge in [-0.15, -0.1) is 0 Å². The monoisotopic (exact) mass is 504 g/mol. The first-order valence-electron chi connectivity index (χ1n) is 12.4. The second kappa shape index (κ2) is 10.9. The van der Waals surface area contributed by atoms with E-state index in [2.05, 4.69) is 5.32 Å². The number of carbonyl (C=O) groups is 3. The third-order valence-electron chi connectivity index (χ3n) is 6.15. The zero-order valence-corrected chi connectivity index (χ0v) is 21.3. The minimum atomic E-state index is -0.672. The zero-order valence-electron chi connectivity index (χ0n) is 21.3. The number of nitrogens with zero attached hydrogens (tertiary/aromatic N) is 1. The molecule has 0 radical (unpaired) electrons. The summed E-state index contributed by atoms with van der Waals surface area (Å²) in [5.41, 5.74) is 0.106. The van der Waals surface area contributed by atoms with Crippen molar-refractivity contribution in [3.63, 3.8) is 0 Å². The molecule has 0 bridgehead atoms. The minimum Gasteiger partial charge on any atom is -0.508 e. The van der Waals surface area contributed by atoms with Gasteiger partial charge >= 0.3 is 12.1 Å². The molecule has 0 aromatic heterocycles. The minimum absolute atomic E-state index is 0.0454. The number of nitrogens with one attached hydrogen (secondary N) is 1. The number of amides is 2. The van der Waals surface area contributed by atoms with Gasteiger partial charge < -0.3 is 24.8 Å². The highest BCUT2D eigenvalue weighted by Gasteiger charge is 2.35. The highest BCUT2D eigenvalue weighted by molar-refractivity contribution is 6.04. The Morgan fingerprint density at radius 3 is 2.41 bits per heavy atom. The van der Waals surface area contributed by atoms with E-state index in [1.54, 1.807) is 37.8 Å². The number of benzene rings is 3. The van der Waals surface area contributed by atoms with Crippen LogP contribution < -0.4 is 5.32 Å². The SMILES string of the molecule is CC(C)(C)OC(=O)N1CCC[C@@H](OC(=O)c2cccc3ccccc23)[C@H](NC(=O)c2ccc(O)cc2)C1. The molecule has 4 rings (SSSR count). The molecule has 1 fully saturated rings. The molecule has 1 heterocycles. The zero-order chi connectivity index (χ0) is 26.6. The van der Waals surface area contributed by atoms with Crippen molar-refractivity contribution in [2.75, 3.05) is 13.1 Å². The maximum absolute atomic E-state index is 13.3. The lowest BCUT2D eigenvalue weighted by atomic mass is 10.0. The Morgan fingerprint density at radius 1 is 0.973 bits per heavy atom. The summed E-state index contributed by atoms with van der Waals surface area (Å²) in [6, 6.07) is 18.2. The van der Waals surface area contributed by atoms with Crippen LogP contribution >= 0.6 is 0 Å². The van der Waals surface area contributed by atoms with Crippen molar-refractivity contribution in [1.29, 1.82) is 0 Å². The number of hydrogen-bond acceptors (Lipinski definition) is 6. The molecule has 8 heteroatoms. The highest BCUT2D eigenvalue weighted by Crippen LogP contribution is 2.23. The van der Waals surface area contributed by atoms with Crippen LogP contribution in [0.2, 0.25) is 0 Å². The van der Waals surface area contributed by atoms with Crippen molar-refractivity contribution in [2.24, 2.45) is 0 Å². The van der Waals surface area contributed by atoms with Crippen LogP contribution in [0.5, 0.6) is 5.75 Å². The summed E-state index contributed by atoms with van der Waals surface area (Å²) >= 11 is 0. The lowest BCUT2D eigenvalue weighted by molar-refractivity contribution is 0.0128. The third-order valence-corrected chi connectivity index (χ3v) is 6.15. The normalized spacial score (nSPS) is 18.1. The fraction of sp³-hybridized carbons (Fsp3) is 0.345. The number of likely N-dealkylation sites (tertiary alicyclic amines) is 1. The maximum atomic E-state index is 13.3. The summed E-state index contributed by atoms with van der Waals surface area (Å²) in [7, 11) is 0. The number of aromatic hydroxyl groups is 1. The largest absolute Gasteiger partial charge is 0.508 e. The number of fused-ring (bicyclic) bond motifs is 1. The number of hydrogen-bond donors (Lipinski definition) is 2. The average molecular weight is 505 g/mol. The quantitative estimate of drug-likeness (QED) is 0.490. The van der Waals surface area contributed by atoms with Gasteiger partial charge in [0.1, 0.15) is 17.5 Å². The van der Waals surface area contributed by atoms with Gasteiger partial charge in [-0.25, -0.2) is 9.59 Å². The number of phenols is 1. The lowest BCUT2D eigenvalue weighted by Gasteiger charge is -2.30. The second-order valence-electron chi connectivity index (χ2n) is 10.2. The summed E-state index contributed by atoms with van der Waals surface area (Å²) < 4.78 is 11.5. The standard InChI is InChI=1S/C29H32N2O6/c1-29(2,3)37-28(35)31-17-7-12-25(24(18-31)30-26(33)20-13-15-21(32)16-14-20)36-27(34)23-11-6-9-19-8-4-5-10-22(19)23/h4-6,8-11,13-16,24-25,32H,7,12,17-18H2,1-3H3,(H,30,33)/t24-,25-/m1/s1. The average Bonchev–Trinajstić information content (AvgIpc) is 3.05. The molecule has 1 aliphatic heterocycles. The van der Waals surface area contributed by atoms with Gasteiger partial charge in [-0.05, 0) is 74.7 Å². The van der Waals surface area contributed by atoms with E-state index >= 15 is 0 Å². The molecule has 0 aliphatic carbocycles. The van der Waals surface area contributed by atoms with Crippen LogP contribution in [-0.2, 0) is 9.47 Å². The third kappa shape index (κ3) is 6.58. The molecule has 0 unspecified atom stereocenters. The molecule has 3 aromatic carbocycles. The fourth-order valence-electron chi connectivity index (χ4n) is 4.37. The van der Waals surface area contributed by atoms with Gasteiger partial charge in [0.05, 0.1) is 11.6 Å². The van der Waals surface area contributed by atoms with E-state index < -0.39 is 35.7 Å². The van der Waals surface area contributed by atoms with Crippen molar-refractivity contribution in [2.45, 2.75) is 51.4 Å². The predicted octanol–water partition coefficient (Wildman–Crippen LogP) is 4.90. The van der Waals surface area contributed by atoms with Crippen molar-refractivity contribution in [3.8, 4) is 5.75 Å². The summed E-state index contributed by atoms with van der Waals surface area (Å²) in [6.07, 6.45) is -0.133. The first-order chi connectivity index (χ1) is 17.6. The van der Waals surface area contributed by atoms with E-state index in [1.165, 1.54) is 24.3 Å². The van der Waals surface area contributed by atoms with Crippen molar-refractivity contribution >= 4 is 28.7 Å². The molecular formula is C29H32N2O6. The van der Waals surface area contributed by atoms with E-state index in [0.717, 1.165) is 10.8 Å². The number of carbonyl (C=O) groups excluding carboxylic acids is 3. The molecule has 1 saturated heterocycles. The molecule has 0 spiro atoms.